The molecule has 0 unspecified atom stereocenters. The van der Waals surface area contributed by atoms with E-state index in [0.717, 1.165) is 22.2 Å². The molecule has 0 aliphatic carbocycles. The van der Waals surface area contributed by atoms with Crippen molar-refractivity contribution in [2.24, 2.45) is 0 Å². The van der Waals surface area contributed by atoms with Crippen LogP contribution < -0.4 is 14.8 Å². The molecule has 3 aromatic rings. The van der Waals surface area contributed by atoms with Gasteiger partial charge in [-0.2, -0.15) is 0 Å². The molecule has 4 rings (SSSR count). The highest BCUT2D eigenvalue weighted by Gasteiger charge is 2.24. The lowest BCUT2D eigenvalue weighted by Crippen LogP contribution is -2.29. The van der Waals surface area contributed by atoms with E-state index in [1.807, 2.05) is 25.1 Å². The van der Waals surface area contributed by atoms with Crippen LogP contribution in [0.15, 0.2) is 47.4 Å². The summed E-state index contributed by atoms with van der Waals surface area (Å²) in [5.41, 5.74) is 2.33. The molecule has 2 N–H and O–H groups in total. The van der Waals surface area contributed by atoms with E-state index in [-0.39, 0.29) is 4.90 Å². The molecule has 0 bridgehead atoms. The summed E-state index contributed by atoms with van der Waals surface area (Å²) in [6.45, 7) is 5.14. The van der Waals surface area contributed by atoms with Gasteiger partial charge in [-0.05, 0) is 78.8 Å². The van der Waals surface area contributed by atoms with Crippen molar-refractivity contribution in [1.29, 1.82) is 0 Å². The van der Waals surface area contributed by atoms with E-state index < -0.39 is 16.1 Å². The van der Waals surface area contributed by atoms with Gasteiger partial charge in [0, 0.05) is 28.4 Å². The SMILES string of the molecule is CCn1c(Oc2ccc3c(c2)NCC3)nnc1[C@@H](C)NS(=O)(=O)c1ccc(I)cc1. The summed E-state index contributed by atoms with van der Waals surface area (Å²) in [7, 11) is -3.69. The number of aromatic nitrogens is 3. The largest absolute Gasteiger partial charge is 0.424 e. The van der Waals surface area contributed by atoms with Gasteiger partial charge in [-0.1, -0.05) is 11.2 Å². The molecule has 1 aliphatic heterocycles. The molecule has 0 saturated heterocycles. The summed E-state index contributed by atoms with van der Waals surface area (Å²) >= 11 is 2.14. The minimum atomic E-state index is -3.69. The summed E-state index contributed by atoms with van der Waals surface area (Å²) < 4.78 is 36.8. The molecule has 0 radical (unpaired) electrons. The van der Waals surface area contributed by atoms with Gasteiger partial charge in [0.25, 0.3) is 0 Å². The lowest BCUT2D eigenvalue weighted by molar-refractivity contribution is 0.408. The van der Waals surface area contributed by atoms with Crippen molar-refractivity contribution in [3.8, 4) is 11.8 Å². The second kappa shape index (κ2) is 8.52. The van der Waals surface area contributed by atoms with Crippen LogP contribution in [0.2, 0.25) is 0 Å². The van der Waals surface area contributed by atoms with Crippen molar-refractivity contribution in [3.05, 3.63) is 57.4 Å². The van der Waals surface area contributed by atoms with Crippen LogP contribution in [0, 0.1) is 3.57 Å². The Bertz CT molecular complexity index is 1160. The second-order valence-corrected chi connectivity index (χ2v) is 9.94. The molecule has 0 spiro atoms. The Morgan fingerprint density at radius 1 is 1.23 bits per heavy atom. The monoisotopic (exact) mass is 539 g/mol. The number of fused-ring (bicyclic) bond motifs is 1. The molecule has 2 heterocycles. The highest BCUT2D eigenvalue weighted by Crippen LogP contribution is 2.30. The first-order valence-electron chi connectivity index (χ1n) is 9.63. The minimum Gasteiger partial charge on any atom is -0.424 e. The van der Waals surface area contributed by atoms with E-state index >= 15 is 0 Å². The van der Waals surface area contributed by atoms with Gasteiger partial charge in [0.05, 0.1) is 10.9 Å². The third-order valence-corrected chi connectivity index (χ3v) is 7.18. The van der Waals surface area contributed by atoms with Crippen LogP contribution in [0.25, 0.3) is 0 Å². The fourth-order valence-electron chi connectivity index (χ4n) is 3.40. The summed E-state index contributed by atoms with van der Waals surface area (Å²) in [5.74, 6) is 1.14. The molecular formula is C20H22IN5O3S. The number of halogens is 1. The number of anilines is 1. The molecule has 158 valence electrons. The number of ether oxygens (including phenoxy) is 1. The molecule has 30 heavy (non-hydrogen) atoms. The minimum absolute atomic E-state index is 0.208. The van der Waals surface area contributed by atoms with Crippen LogP contribution in [-0.2, 0) is 23.0 Å². The molecule has 2 aromatic carbocycles. The molecule has 1 aromatic heterocycles. The maximum absolute atomic E-state index is 12.7. The van der Waals surface area contributed by atoms with Crippen molar-refractivity contribution >= 4 is 38.3 Å². The summed E-state index contributed by atoms with van der Waals surface area (Å²) in [6.07, 6.45) is 1.00. The van der Waals surface area contributed by atoms with E-state index in [0.29, 0.717) is 24.1 Å². The number of rotatable bonds is 7. The first-order chi connectivity index (χ1) is 14.4. The number of nitrogens with one attached hydrogen (secondary N) is 2. The summed E-state index contributed by atoms with van der Waals surface area (Å²) in [6, 6.07) is 12.3. The fourth-order valence-corrected chi connectivity index (χ4v) is 4.96. The van der Waals surface area contributed by atoms with Gasteiger partial charge in [-0.25, -0.2) is 13.1 Å². The quantitative estimate of drug-likeness (QED) is 0.445. The average molecular weight is 539 g/mol. The normalized spacial score (nSPS) is 14.2. The lowest BCUT2D eigenvalue weighted by Gasteiger charge is -2.15. The number of benzene rings is 2. The van der Waals surface area contributed by atoms with Crippen molar-refractivity contribution in [1.82, 2.24) is 19.5 Å². The van der Waals surface area contributed by atoms with Crippen LogP contribution >= 0.6 is 22.6 Å². The van der Waals surface area contributed by atoms with E-state index in [2.05, 4.69) is 42.8 Å². The molecular weight excluding hydrogens is 517 g/mol. The fraction of sp³-hybridized carbons (Fsp3) is 0.300. The molecule has 1 atom stereocenters. The van der Waals surface area contributed by atoms with E-state index in [9.17, 15) is 8.42 Å². The second-order valence-electron chi connectivity index (χ2n) is 6.98. The van der Waals surface area contributed by atoms with Gasteiger partial charge in [-0.15, -0.1) is 5.10 Å². The lowest BCUT2D eigenvalue weighted by atomic mass is 10.2. The predicted octanol–water partition coefficient (Wildman–Crippen LogP) is 3.70. The third-order valence-electron chi connectivity index (χ3n) is 4.91. The zero-order valence-electron chi connectivity index (χ0n) is 16.6. The zero-order valence-corrected chi connectivity index (χ0v) is 19.6. The smallest absolute Gasteiger partial charge is 0.322 e. The van der Waals surface area contributed by atoms with E-state index in [4.69, 9.17) is 4.74 Å². The van der Waals surface area contributed by atoms with Gasteiger partial charge in [-0.3, -0.25) is 4.57 Å². The molecule has 8 nitrogen and oxygen atoms in total. The first-order valence-corrected chi connectivity index (χ1v) is 12.2. The third kappa shape index (κ3) is 4.30. The van der Waals surface area contributed by atoms with Gasteiger partial charge in [0.2, 0.25) is 10.0 Å². The van der Waals surface area contributed by atoms with E-state index in [1.165, 1.54) is 5.56 Å². The maximum Gasteiger partial charge on any atom is 0.322 e. The van der Waals surface area contributed by atoms with E-state index in [1.54, 1.807) is 35.8 Å². The first kappa shape index (κ1) is 21.1. The molecule has 0 amide bonds. The Morgan fingerprint density at radius 2 is 2.00 bits per heavy atom. The zero-order chi connectivity index (χ0) is 21.3. The number of nitrogens with zero attached hydrogens (tertiary/aromatic N) is 3. The maximum atomic E-state index is 12.7. The van der Waals surface area contributed by atoms with Crippen molar-refractivity contribution in [2.45, 2.75) is 37.8 Å². The highest BCUT2D eigenvalue weighted by molar-refractivity contribution is 14.1. The van der Waals surface area contributed by atoms with Gasteiger partial charge < -0.3 is 10.1 Å². The van der Waals surface area contributed by atoms with Crippen LogP contribution in [0.5, 0.6) is 11.8 Å². The topological polar surface area (TPSA) is 98.1 Å². The Kier molecular flexibility index (Phi) is 5.98. The number of sulfonamides is 1. The molecule has 10 heteroatoms. The Morgan fingerprint density at radius 3 is 2.73 bits per heavy atom. The molecule has 0 fully saturated rings. The van der Waals surface area contributed by atoms with Gasteiger partial charge in [0.1, 0.15) is 5.75 Å². The molecule has 0 saturated carbocycles. The van der Waals surface area contributed by atoms with Crippen LogP contribution in [0.3, 0.4) is 0 Å². The molecule has 1 aliphatic rings. The van der Waals surface area contributed by atoms with Gasteiger partial charge >= 0.3 is 6.01 Å². The predicted molar refractivity (Wildman–Crippen MR) is 122 cm³/mol. The van der Waals surface area contributed by atoms with Crippen molar-refractivity contribution in [2.75, 3.05) is 11.9 Å². The van der Waals surface area contributed by atoms with Crippen molar-refractivity contribution < 1.29 is 13.2 Å². The van der Waals surface area contributed by atoms with Crippen LogP contribution in [0.4, 0.5) is 5.69 Å². The van der Waals surface area contributed by atoms with Crippen molar-refractivity contribution in [3.63, 3.8) is 0 Å². The standard InChI is InChI=1S/C20H22IN5O3S/c1-3-26-19(13(2)25-30(27,28)17-8-5-15(21)6-9-17)23-24-20(26)29-16-7-4-14-10-11-22-18(14)12-16/h4-9,12-13,22,25H,3,10-11H2,1-2H3/t13-/m1/s1. The highest BCUT2D eigenvalue weighted by atomic mass is 127. The van der Waals surface area contributed by atoms with Crippen LogP contribution in [-0.4, -0.2) is 29.7 Å². The number of hydrogen-bond donors (Lipinski definition) is 2. The Labute approximate surface area is 189 Å². The Hall–Kier alpha value is -2.18. The van der Waals surface area contributed by atoms with Crippen LogP contribution in [0.1, 0.15) is 31.3 Å². The summed E-state index contributed by atoms with van der Waals surface area (Å²) in [4.78, 5) is 0.208. The van der Waals surface area contributed by atoms with Gasteiger partial charge in [0.15, 0.2) is 5.82 Å². The Balaban J connectivity index is 1.54. The number of hydrogen-bond acceptors (Lipinski definition) is 6. The average Bonchev–Trinajstić information content (AvgIpc) is 3.34. The summed E-state index contributed by atoms with van der Waals surface area (Å²) in [5, 5.41) is 11.7.